The van der Waals surface area contributed by atoms with Crippen molar-refractivity contribution in [3.05, 3.63) is 54.1 Å². The zero-order valence-electron chi connectivity index (χ0n) is 14.7. The average molecular weight is 357 g/mol. The summed E-state index contributed by atoms with van der Waals surface area (Å²) in [6, 6.07) is 15.6. The van der Waals surface area contributed by atoms with Gasteiger partial charge in [-0.25, -0.2) is 0 Å². The molecule has 1 heterocycles. The Morgan fingerprint density at radius 2 is 2.04 bits per heavy atom. The summed E-state index contributed by atoms with van der Waals surface area (Å²) in [4.78, 5) is 13.5. The minimum atomic E-state index is -0.327. The van der Waals surface area contributed by atoms with Crippen LogP contribution in [0.5, 0.6) is 11.5 Å². The third-order valence-electron chi connectivity index (χ3n) is 4.12. The second-order valence-corrected chi connectivity index (χ2v) is 7.74. The lowest BCUT2D eigenvalue weighted by Gasteiger charge is -2.38. The molecule has 0 aromatic heterocycles. The monoisotopic (exact) mass is 357 g/mol. The highest BCUT2D eigenvalue weighted by Gasteiger charge is 2.34. The van der Waals surface area contributed by atoms with Gasteiger partial charge in [0, 0.05) is 16.9 Å². The van der Waals surface area contributed by atoms with Crippen molar-refractivity contribution in [2.45, 2.75) is 36.8 Å². The van der Waals surface area contributed by atoms with Gasteiger partial charge in [0.05, 0.1) is 18.9 Å². The van der Waals surface area contributed by atoms with Gasteiger partial charge in [0.15, 0.2) is 0 Å². The number of methoxy groups -OCH3 is 1. The summed E-state index contributed by atoms with van der Waals surface area (Å²) in [6.45, 7) is 4.08. The molecule has 0 fully saturated rings. The summed E-state index contributed by atoms with van der Waals surface area (Å²) in [7, 11) is 1.64. The maximum atomic E-state index is 12.5. The van der Waals surface area contributed by atoms with E-state index in [4.69, 9.17) is 9.47 Å². The molecule has 0 bridgehead atoms. The minimum Gasteiger partial charge on any atom is -0.497 e. The molecule has 0 saturated heterocycles. The maximum absolute atomic E-state index is 12.5. The number of ether oxygens (including phenoxy) is 2. The number of carbonyl (C=O) groups is 1. The van der Waals surface area contributed by atoms with Gasteiger partial charge in [-0.15, -0.1) is 11.8 Å². The fourth-order valence-electron chi connectivity index (χ4n) is 2.99. The first-order valence-electron chi connectivity index (χ1n) is 8.31. The molecule has 132 valence electrons. The van der Waals surface area contributed by atoms with Gasteiger partial charge >= 0.3 is 0 Å². The molecule has 1 N–H and O–H groups in total. The molecule has 1 atom stereocenters. The Bertz CT molecular complexity index is 746. The summed E-state index contributed by atoms with van der Waals surface area (Å²) in [6.07, 6.45) is 0.717. The molecular weight excluding hydrogens is 334 g/mol. The molecule has 1 aliphatic rings. The molecule has 5 heteroatoms. The van der Waals surface area contributed by atoms with Crippen molar-refractivity contribution in [3.8, 4) is 11.5 Å². The second kappa shape index (κ2) is 7.40. The quantitative estimate of drug-likeness (QED) is 0.815. The lowest BCUT2D eigenvalue weighted by molar-refractivity contribution is -0.119. The SMILES string of the molecule is COc1ccc2c(c1)[C@H](NC(=O)CSc1ccccc1)CC(C)(C)O2. The van der Waals surface area contributed by atoms with E-state index in [1.807, 2.05) is 62.4 Å². The van der Waals surface area contributed by atoms with Crippen molar-refractivity contribution < 1.29 is 14.3 Å². The van der Waals surface area contributed by atoms with Gasteiger partial charge in [0.25, 0.3) is 0 Å². The normalized spacial score (nSPS) is 18.0. The van der Waals surface area contributed by atoms with Crippen molar-refractivity contribution >= 4 is 17.7 Å². The molecule has 0 aliphatic carbocycles. The highest BCUT2D eigenvalue weighted by molar-refractivity contribution is 8.00. The molecule has 2 aromatic carbocycles. The van der Waals surface area contributed by atoms with E-state index >= 15 is 0 Å². The van der Waals surface area contributed by atoms with E-state index < -0.39 is 0 Å². The Labute approximate surface area is 152 Å². The van der Waals surface area contributed by atoms with Gasteiger partial charge in [-0.1, -0.05) is 18.2 Å². The largest absolute Gasteiger partial charge is 0.497 e. The molecule has 0 radical (unpaired) electrons. The lowest BCUT2D eigenvalue weighted by Crippen LogP contribution is -2.41. The van der Waals surface area contributed by atoms with Crippen LogP contribution in [0.25, 0.3) is 0 Å². The first kappa shape index (κ1) is 17.7. The zero-order valence-corrected chi connectivity index (χ0v) is 15.6. The first-order valence-corrected chi connectivity index (χ1v) is 9.29. The van der Waals surface area contributed by atoms with Crippen LogP contribution in [0.3, 0.4) is 0 Å². The Morgan fingerprint density at radius 1 is 1.28 bits per heavy atom. The van der Waals surface area contributed by atoms with E-state index in [1.165, 1.54) is 11.8 Å². The van der Waals surface area contributed by atoms with Crippen LogP contribution in [-0.2, 0) is 4.79 Å². The molecule has 0 unspecified atom stereocenters. The highest BCUT2D eigenvalue weighted by atomic mass is 32.2. The predicted octanol–water partition coefficient (Wildman–Crippen LogP) is 4.21. The molecular formula is C20H23NO3S. The fraction of sp³-hybridized carbons (Fsp3) is 0.350. The average Bonchev–Trinajstić information content (AvgIpc) is 2.60. The number of benzene rings is 2. The first-order chi connectivity index (χ1) is 12.0. The van der Waals surface area contributed by atoms with E-state index in [9.17, 15) is 4.79 Å². The number of fused-ring (bicyclic) bond motifs is 1. The maximum Gasteiger partial charge on any atom is 0.230 e. The molecule has 1 amide bonds. The number of thioether (sulfide) groups is 1. The summed E-state index contributed by atoms with van der Waals surface area (Å²) in [5.41, 5.74) is 0.642. The van der Waals surface area contributed by atoms with E-state index in [1.54, 1.807) is 7.11 Å². The lowest BCUT2D eigenvalue weighted by atomic mass is 9.89. The van der Waals surface area contributed by atoms with Gasteiger partial charge < -0.3 is 14.8 Å². The van der Waals surface area contributed by atoms with Crippen LogP contribution in [0.1, 0.15) is 31.9 Å². The second-order valence-electron chi connectivity index (χ2n) is 6.69. The molecule has 2 aromatic rings. The predicted molar refractivity (Wildman–Crippen MR) is 100 cm³/mol. The van der Waals surface area contributed by atoms with Crippen molar-refractivity contribution in [1.29, 1.82) is 0 Å². The Hall–Kier alpha value is -2.14. The third kappa shape index (κ3) is 4.48. The van der Waals surface area contributed by atoms with Crippen LogP contribution in [0.4, 0.5) is 0 Å². The zero-order chi connectivity index (χ0) is 17.9. The van der Waals surface area contributed by atoms with E-state index in [-0.39, 0.29) is 17.6 Å². The summed E-state index contributed by atoms with van der Waals surface area (Å²) < 4.78 is 11.4. The topological polar surface area (TPSA) is 47.6 Å². The van der Waals surface area contributed by atoms with Gasteiger partial charge in [0.1, 0.15) is 17.1 Å². The van der Waals surface area contributed by atoms with E-state index in [2.05, 4.69) is 5.32 Å². The van der Waals surface area contributed by atoms with Gasteiger partial charge in [0.2, 0.25) is 5.91 Å². The molecule has 1 aliphatic heterocycles. The number of nitrogens with one attached hydrogen (secondary N) is 1. The molecule has 0 saturated carbocycles. The van der Waals surface area contributed by atoms with E-state index in [0.717, 1.165) is 28.4 Å². The number of hydrogen-bond donors (Lipinski definition) is 1. The van der Waals surface area contributed by atoms with Crippen LogP contribution in [-0.4, -0.2) is 24.4 Å². The fourth-order valence-corrected chi connectivity index (χ4v) is 3.72. The molecule has 0 spiro atoms. The standard InChI is InChI=1S/C20H23NO3S/c1-20(2)12-17(16-11-14(23-3)9-10-18(16)24-20)21-19(22)13-25-15-7-5-4-6-8-15/h4-11,17H,12-13H2,1-3H3,(H,21,22)/t17-/m1/s1. The van der Waals surface area contributed by atoms with Crippen molar-refractivity contribution in [1.82, 2.24) is 5.32 Å². The van der Waals surface area contributed by atoms with Gasteiger partial charge in [-0.3, -0.25) is 4.79 Å². The van der Waals surface area contributed by atoms with E-state index in [0.29, 0.717) is 5.75 Å². The number of amides is 1. The van der Waals surface area contributed by atoms with Crippen LogP contribution < -0.4 is 14.8 Å². The number of carbonyl (C=O) groups excluding carboxylic acids is 1. The van der Waals surface area contributed by atoms with Crippen LogP contribution in [0.2, 0.25) is 0 Å². The number of rotatable bonds is 5. The van der Waals surface area contributed by atoms with Crippen molar-refractivity contribution in [3.63, 3.8) is 0 Å². The Kier molecular flexibility index (Phi) is 5.23. The third-order valence-corrected chi connectivity index (χ3v) is 5.13. The van der Waals surface area contributed by atoms with Gasteiger partial charge in [-0.05, 0) is 44.2 Å². The van der Waals surface area contributed by atoms with Gasteiger partial charge in [-0.2, -0.15) is 0 Å². The van der Waals surface area contributed by atoms with Crippen LogP contribution in [0.15, 0.2) is 53.4 Å². The molecule has 4 nitrogen and oxygen atoms in total. The minimum absolute atomic E-state index is 0.0188. The summed E-state index contributed by atoms with van der Waals surface area (Å²) >= 11 is 1.54. The van der Waals surface area contributed by atoms with Crippen molar-refractivity contribution in [2.75, 3.05) is 12.9 Å². The Balaban J connectivity index is 1.71. The van der Waals surface area contributed by atoms with Crippen molar-refractivity contribution in [2.24, 2.45) is 0 Å². The smallest absolute Gasteiger partial charge is 0.230 e. The molecule has 3 rings (SSSR count). The summed E-state index contributed by atoms with van der Waals surface area (Å²) in [5, 5.41) is 3.16. The number of hydrogen-bond acceptors (Lipinski definition) is 4. The summed E-state index contributed by atoms with van der Waals surface area (Å²) in [5.74, 6) is 1.98. The Morgan fingerprint density at radius 3 is 2.76 bits per heavy atom. The molecule has 25 heavy (non-hydrogen) atoms. The van der Waals surface area contributed by atoms with Crippen LogP contribution >= 0.6 is 11.8 Å². The highest BCUT2D eigenvalue weighted by Crippen LogP contribution is 2.41. The van der Waals surface area contributed by atoms with Crippen LogP contribution in [0, 0.1) is 0 Å².